The number of nitrogens with zero attached hydrogens (tertiary/aromatic N) is 3. The largest absolute Gasteiger partial charge is 0.382 e. The smallest absolute Gasteiger partial charge is 0.180 e. The fourth-order valence-corrected chi connectivity index (χ4v) is 1.75. The number of nitrogens with two attached hydrogens (primary N) is 1. The molecular formula is C11H17N5O. The Balaban J connectivity index is 2.37. The molecule has 0 fully saturated rings. The van der Waals surface area contributed by atoms with Crippen molar-refractivity contribution in [3.8, 4) is 0 Å². The number of anilines is 2. The molecule has 0 saturated heterocycles. The van der Waals surface area contributed by atoms with Gasteiger partial charge in [-0.1, -0.05) is 0 Å². The fraction of sp³-hybridized carbons (Fsp3) is 0.455. The number of nitrogens with one attached hydrogen (secondary N) is 1. The lowest BCUT2D eigenvalue weighted by Gasteiger charge is -2.26. The summed E-state index contributed by atoms with van der Waals surface area (Å²) < 4.78 is 6.99. The molecule has 2 aromatic heterocycles. The first-order chi connectivity index (χ1) is 8.02. The fourth-order valence-electron chi connectivity index (χ4n) is 1.75. The SMILES string of the molecule is COCC(C)(C)Nc1nc(N)cn2ccnc12. The standard InChI is InChI=1S/C11H17N5O/c1-11(2,7-17-3)15-9-10-13-4-5-16(10)6-8(12)14-9/h4-6H,7,12H2,1-3H3,(H,14,15). The summed E-state index contributed by atoms with van der Waals surface area (Å²) in [7, 11) is 1.67. The Bertz CT molecular complexity index is 520. The van der Waals surface area contributed by atoms with E-state index in [9.17, 15) is 0 Å². The number of fused-ring (bicyclic) bond motifs is 1. The Morgan fingerprint density at radius 3 is 3.00 bits per heavy atom. The molecule has 0 radical (unpaired) electrons. The summed E-state index contributed by atoms with van der Waals surface area (Å²) in [5.41, 5.74) is 6.26. The molecule has 0 saturated carbocycles. The maximum absolute atomic E-state index is 5.75. The predicted octanol–water partition coefficient (Wildman–Crippen LogP) is 1.15. The number of ether oxygens (including phenoxy) is 1. The number of imidazole rings is 1. The van der Waals surface area contributed by atoms with Crippen molar-refractivity contribution in [1.82, 2.24) is 14.4 Å². The van der Waals surface area contributed by atoms with Gasteiger partial charge in [0.1, 0.15) is 5.82 Å². The van der Waals surface area contributed by atoms with Crippen molar-refractivity contribution in [2.24, 2.45) is 0 Å². The lowest BCUT2D eigenvalue weighted by molar-refractivity contribution is 0.158. The third-order valence-electron chi connectivity index (χ3n) is 2.35. The number of aromatic nitrogens is 3. The van der Waals surface area contributed by atoms with Crippen LogP contribution in [0.5, 0.6) is 0 Å². The highest BCUT2D eigenvalue weighted by Gasteiger charge is 2.19. The first-order valence-electron chi connectivity index (χ1n) is 5.38. The van der Waals surface area contributed by atoms with Gasteiger partial charge in [0.25, 0.3) is 0 Å². The Hall–Kier alpha value is -1.82. The average Bonchev–Trinajstić information content (AvgIpc) is 2.64. The number of hydrogen-bond acceptors (Lipinski definition) is 5. The minimum Gasteiger partial charge on any atom is -0.382 e. The van der Waals surface area contributed by atoms with Crippen molar-refractivity contribution in [3.63, 3.8) is 0 Å². The molecule has 0 aromatic carbocycles. The van der Waals surface area contributed by atoms with Gasteiger partial charge in [0.2, 0.25) is 0 Å². The molecule has 0 amide bonds. The molecule has 0 aliphatic heterocycles. The summed E-state index contributed by atoms with van der Waals surface area (Å²) in [6, 6.07) is 0. The van der Waals surface area contributed by atoms with Crippen molar-refractivity contribution in [1.29, 1.82) is 0 Å². The normalized spacial score (nSPS) is 11.9. The first kappa shape index (κ1) is 11.7. The van der Waals surface area contributed by atoms with E-state index in [4.69, 9.17) is 10.5 Å². The molecular weight excluding hydrogens is 218 g/mol. The Kier molecular flexibility index (Phi) is 2.89. The average molecular weight is 235 g/mol. The van der Waals surface area contributed by atoms with Crippen LogP contribution in [0, 0.1) is 0 Å². The molecule has 2 aromatic rings. The van der Waals surface area contributed by atoms with E-state index in [1.54, 1.807) is 19.5 Å². The highest BCUT2D eigenvalue weighted by molar-refractivity contribution is 5.65. The zero-order chi connectivity index (χ0) is 12.5. The molecule has 6 nitrogen and oxygen atoms in total. The van der Waals surface area contributed by atoms with Gasteiger partial charge in [-0.3, -0.25) is 0 Å². The van der Waals surface area contributed by atoms with Crippen LogP contribution in [0.4, 0.5) is 11.6 Å². The molecule has 0 spiro atoms. The molecule has 0 unspecified atom stereocenters. The third kappa shape index (κ3) is 2.47. The third-order valence-corrected chi connectivity index (χ3v) is 2.35. The van der Waals surface area contributed by atoms with Crippen LogP contribution in [0.25, 0.3) is 5.65 Å². The van der Waals surface area contributed by atoms with Crippen LogP contribution in [-0.2, 0) is 4.74 Å². The summed E-state index contributed by atoms with van der Waals surface area (Å²) in [5.74, 6) is 1.11. The molecule has 2 heterocycles. The van der Waals surface area contributed by atoms with Crippen molar-refractivity contribution in [2.45, 2.75) is 19.4 Å². The van der Waals surface area contributed by atoms with Crippen LogP contribution >= 0.6 is 0 Å². The van der Waals surface area contributed by atoms with Crippen molar-refractivity contribution < 1.29 is 4.74 Å². The van der Waals surface area contributed by atoms with Crippen LogP contribution in [0.2, 0.25) is 0 Å². The van der Waals surface area contributed by atoms with E-state index >= 15 is 0 Å². The Labute approximate surface area is 99.8 Å². The zero-order valence-electron chi connectivity index (χ0n) is 10.3. The number of rotatable bonds is 4. The second kappa shape index (κ2) is 4.21. The highest BCUT2D eigenvalue weighted by Crippen LogP contribution is 2.19. The van der Waals surface area contributed by atoms with Crippen LogP contribution in [-0.4, -0.2) is 33.6 Å². The number of nitrogen functional groups attached to an aromatic ring is 1. The maximum Gasteiger partial charge on any atom is 0.180 e. The van der Waals surface area contributed by atoms with Gasteiger partial charge in [-0.2, -0.15) is 0 Å². The molecule has 0 aliphatic carbocycles. The van der Waals surface area contributed by atoms with Gasteiger partial charge < -0.3 is 20.2 Å². The molecule has 3 N–H and O–H groups in total. The molecule has 17 heavy (non-hydrogen) atoms. The van der Waals surface area contributed by atoms with Crippen molar-refractivity contribution in [2.75, 3.05) is 24.8 Å². The summed E-state index contributed by atoms with van der Waals surface area (Å²) >= 11 is 0. The van der Waals surface area contributed by atoms with Gasteiger partial charge in [-0.05, 0) is 13.8 Å². The zero-order valence-corrected chi connectivity index (χ0v) is 10.3. The maximum atomic E-state index is 5.75. The van der Waals surface area contributed by atoms with Gasteiger partial charge in [0, 0.05) is 19.5 Å². The van der Waals surface area contributed by atoms with E-state index in [0.717, 1.165) is 5.65 Å². The highest BCUT2D eigenvalue weighted by atomic mass is 16.5. The predicted molar refractivity (Wildman–Crippen MR) is 67.0 cm³/mol. The monoisotopic (exact) mass is 235 g/mol. The van der Waals surface area contributed by atoms with E-state index < -0.39 is 0 Å². The molecule has 0 bridgehead atoms. The van der Waals surface area contributed by atoms with Crippen LogP contribution < -0.4 is 11.1 Å². The van der Waals surface area contributed by atoms with Crippen molar-refractivity contribution in [3.05, 3.63) is 18.6 Å². The molecule has 0 aliphatic rings. The molecule has 2 rings (SSSR count). The van der Waals surface area contributed by atoms with Gasteiger partial charge in [-0.25, -0.2) is 9.97 Å². The van der Waals surface area contributed by atoms with E-state index in [1.165, 1.54) is 0 Å². The first-order valence-corrected chi connectivity index (χ1v) is 5.38. The van der Waals surface area contributed by atoms with Gasteiger partial charge in [-0.15, -0.1) is 0 Å². The number of methoxy groups -OCH3 is 1. The molecule has 0 atom stereocenters. The lowest BCUT2D eigenvalue weighted by Crippen LogP contribution is -2.36. The summed E-state index contributed by atoms with van der Waals surface area (Å²) in [6.45, 7) is 4.62. The summed E-state index contributed by atoms with van der Waals surface area (Å²) in [4.78, 5) is 8.51. The lowest BCUT2D eigenvalue weighted by atomic mass is 10.1. The van der Waals surface area contributed by atoms with E-state index in [1.807, 2.05) is 24.4 Å². The summed E-state index contributed by atoms with van der Waals surface area (Å²) in [6.07, 6.45) is 5.28. The van der Waals surface area contributed by atoms with Crippen molar-refractivity contribution >= 4 is 17.3 Å². The second-order valence-electron chi connectivity index (χ2n) is 4.61. The van der Waals surface area contributed by atoms with Gasteiger partial charge in [0.05, 0.1) is 18.3 Å². The Morgan fingerprint density at radius 1 is 1.53 bits per heavy atom. The van der Waals surface area contributed by atoms with Crippen LogP contribution in [0.15, 0.2) is 18.6 Å². The second-order valence-corrected chi connectivity index (χ2v) is 4.61. The minimum atomic E-state index is -0.234. The van der Waals surface area contributed by atoms with Crippen LogP contribution in [0.1, 0.15) is 13.8 Å². The van der Waals surface area contributed by atoms with Crippen LogP contribution in [0.3, 0.4) is 0 Å². The Morgan fingerprint density at radius 2 is 2.29 bits per heavy atom. The van der Waals surface area contributed by atoms with Gasteiger partial charge in [0.15, 0.2) is 11.5 Å². The quantitative estimate of drug-likeness (QED) is 0.831. The minimum absolute atomic E-state index is 0.234. The van der Waals surface area contributed by atoms with E-state index in [0.29, 0.717) is 18.2 Å². The van der Waals surface area contributed by atoms with E-state index in [2.05, 4.69) is 15.3 Å². The topological polar surface area (TPSA) is 77.5 Å². The summed E-state index contributed by atoms with van der Waals surface area (Å²) in [5, 5.41) is 3.29. The van der Waals surface area contributed by atoms with E-state index in [-0.39, 0.29) is 5.54 Å². The van der Waals surface area contributed by atoms with Gasteiger partial charge >= 0.3 is 0 Å². The molecule has 6 heteroatoms. The number of hydrogen-bond donors (Lipinski definition) is 2. The molecule has 92 valence electrons.